The third-order valence-corrected chi connectivity index (χ3v) is 6.58. The minimum absolute atomic E-state index is 0.0208. The van der Waals surface area contributed by atoms with Gasteiger partial charge in [0.1, 0.15) is 23.7 Å². The minimum atomic E-state index is -0.0208. The second kappa shape index (κ2) is 8.43. The van der Waals surface area contributed by atoms with Gasteiger partial charge in [-0.05, 0) is 28.5 Å². The Balaban J connectivity index is 1.30. The predicted molar refractivity (Wildman–Crippen MR) is 144 cm³/mol. The van der Waals surface area contributed by atoms with E-state index in [1.165, 1.54) is 0 Å². The van der Waals surface area contributed by atoms with Crippen molar-refractivity contribution in [3.8, 4) is 0 Å². The SMILES string of the molecule is c1ccc([C@H]2COC(c3ccccc3Nc3nnc4c5ccccc5c5ccccc5c4n3)=N2)cc1. The largest absolute Gasteiger partial charge is 0.475 e. The molecule has 0 spiro atoms. The van der Waals surface area contributed by atoms with Crippen LogP contribution in [-0.2, 0) is 4.74 Å². The molecule has 0 radical (unpaired) electrons. The first kappa shape index (κ1) is 20.5. The molecule has 1 N–H and O–H groups in total. The number of para-hydroxylation sites is 1. The van der Waals surface area contributed by atoms with Gasteiger partial charge >= 0.3 is 0 Å². The van der Waals surface area contributed by atoms with Crippen LogP contribution in [0.4, 0.5) is 11.6 Å². The van der Waals surface area contributed by atoms with Crippen LogP contribution < -0.4 is 5.32 Å². The number of ether oxygens (including phenoxy) is 1. The number of aliphatic imine (C=N–C) groups is 1. The lowest BCUT2D eigenvalue weighted by atomic mass is 10.00. The average Bonchev–Trinajstić information content (AvgIpc) is 3.44. The van der Waals surface area contributed by atoms with E-state index in [1.54, 1.807) is 0 Å². The van der Waals surface area contributed by atoms with E-state index in [9.17, 15) is 0 Å². The number of aromatic nitrogens is 3. The molecular formula is C30H21N5O. The summed E-state index contributed by atoms with van der Waals surface area (Å²) in [6.07, 6.45) is 0. The molecule has 0 saturated heterocycles. The van der Waals surface area contributed by atoms with E-state index in [1.807, 2.05) is 60.7 Å². The smallest absolute Gasteiger partial charge is 0.247 e. The van der Waals surface area contributed by atoms with Gasteiger partial charge in [-0.25, -0.2) is 9.98 Å². The maximum atomic E-state index is 6.01. The minimum Gasteiger partial charge on any atom is -0.475 e. The number of hydrogen-bond acceptors (Lipinski definition) is 6. The highest BCUT2D eigenvalue weighted by molar-refractivity contribution is 6.23. The van der Waals surface area contributed by atoms with Gasteiger partial charge in [-0.15, -0.1) is 10.2 Å². The molecule has 1 aliphatic heterocycles. The van der Waals surface area contributed by atoms with E-state index >= 15 is 0 Å². The third-order valence-electron chi connectivity index (χ3n) is 6.58. The van der Waals surface area contributed by atoms with Gasteiger partial charge in [0, 0.05) is 10.8 Å². The van der Waals surface area contributed by atoms with Crippen molar-refractivity contribution in [3.05, 3.63) is 114 Å². The molecule has 172 valence electrons. The van der Waals surface area contributed by atoms with Gasteiger partial charge < -0.3 is 10.1 Å². The molecule has 1 atom stereocenters. The Morgan fingerprint density at radius 2 is 1.28 bits per heavy atom. The molecule has 1 aromatic heterocycles. The van der Waals surface area contributed by atoms with Crippen molar-refractivity contribution in [1.29, 1.82) is 0 Å². The maximum Gasteiger partial charge on any atom is 0.247 e. The number of rotatable bonds is 4. The Morgan fingerprint density at radius 1 is 0.639 bits per heavy atom. The lowest BCUT2D eigenvalue weighted by Gasteiger charge is -2.12. The van der Waals surface area contributed by atoms with Crippen LogP contribution in [0.3, 0.4) is 0 Å². The van der Waals surface area contributed by atoms with Crippen LogP contribution in [0.15, 0.2) is 108 Å². The first-order valence-corrected chi connectivity index (χ1v) is 11.9. The molecule has 2 heterocycles. The number of benzene rings is 5. The van der Waals surface area contributed by atoms with E-state index in [2.05, 4.69) is 58.0 Å². The fourth-order valence-electron chi connectivity index (χ4n) is 4.86. The Kier molecular flexibility index (Phi) is 4.81. The molecule has 6 nitrogen and oxygen atoms in total. The molecule has 0 unspecified atom stereocenters. The topological polar surface area (TPSA) is 72.3 Å². The van der Waals surface area contributed by atoms with Gasteiger partial charge in [-0.3, -0.25) is 0 Å². The molecule has 0 amide bonds. The van der Waals surface area contributed by atoms with E-state index < -0.39 is 0 Å². The van der Waals surface area contributed by atoms with Gasteiger partial charge in [-0.1, -0.05) is 91.0 Å². The van der Waals surface area contributed by atoms with Crippen LogP contribution in [0, 0.1) is 0 Å². The van der Waals surface area contributed by atoms with Gasteiger partial charge in [0.25, 0.3) is 0 Å². The summed E-state index contributed by atoms with van der Waals surface area (Å²) in [6.45, 7) is 0.515. The van der Waals surface area contributed by atoms with Crippen molar-refractivity contribution in [2.24, 2.45) is 4.99 Å². The Bertz CT molecular complexity index is 1750. The summed E-state index contributed by atoms with van der Waals surface area (Å²) in [4.78, 5) is 9.77. The first-order chi connectivity index (χ1) is 17.8. The van der Waals surface area contributed by atoms with Crippen molar-refractivity contribution >= 4 is 50.1 Å². The van der Waals surface area contributed by atoms with Crippen LogP contribution in [0.1, 0.15) is 17.2 Å². The summed E-state index contributed by atoms with van der Waals surface area (Å²) >= 11 is 0. The highest BCUT2D eigenvalue weighted by Crippen LogP contribution is 2.33. The van der Waals surface area contributed by atoms with Crippen molar-refractivity contribution in [2.75, 3.05) is 11.9 Å². The highest BCUT2D eigenvalue weighted by Gasteiger charge is 2.23. The van der Waals surface area contributed by atoms with Crippen LogP contribution in [-0.4, -0.2) is 27.7 Å². The molecule has 5 aromatic carbocycles. The monoisotopic (exact) mass is 467 g/mol. The fraction of sp³-hybridized carbons (Fsp3) is 0.0667. The fourth-order valence-corrected chi connectivity index (χ4v) is 4.86. The molecular weight excluding hydrogens is 446 g/mol. The van der Waals surface area contributed by atoms with Gasteiger partial charge in [0.2, 0.25) is 11.8 Å². The van der Waals surface area contributed by atoms with E-state index in [0.717, 1.165) is 49.4 Å². The molecule has 36 heavy (non-hydrogen) atoms. The summed E-state index contributed by atoms with van der Waals surface area (Å²) in [5.74, 6) is 1.03. The predicted octanol–water partition coefficient (Wildman–Crippen LogP) is 6.59. The molecule has 0 bridgehead atoms. The Hall–Kier alpha value is -4.84. The molecule has 1 aliphatic rings. The van der Waals surface area contributed by atoms with Crippen LogP contribution in [0.5, 0.6) is 0 Å². The van der Waals surface area contributed by atoms with Crippen molar-refractivity contribution in [1.82, 2.24) is 15.2 Å². The summed E-state index contributed by atoms with van der Waals surface area (Å²) in [5.41, 5.74) is 4.42. The zero-order chi connectivity index (χ0) is 23.9. The lowest BCUT2D eigenvalue weighted by molar-refractivity contribution is 0.320. The van der Waals surface area contributed by atoms with Crippen molar-refractivity contribution in [2.45, 2.75) is 6.04 Å². The molecule has 6 aromatic rings. The maximum absolute atomic E-state index is 6.01. The number of nitrogens with one attached hydrogen (secondary N) is 1. The number of anilines is 2. The summed E-state index contributed by atoms with van der Waals surface area (Å²) in [5, 5.41) is 16.8. The van der Waals surface area contributed by atoms with Gasteiger partial charge in [0.15, 0.2) is 0 Å². The number of fused-ring (bicyclic) bond motifs is 6. The zero-order valence-electron chi connectivity index (χ0n) is 19.3. The number of hydrogen-bond donors (Lipinski definition) is 1. The third kappa shape index (κ3) is 3.43. The van der Waals surface area contributed by atoms with E-state index in [0.29, 0.717) is 18.5 Å². The molecule has 6 heteroatoms. The van der Waals surface area contributed by atoms with Crippen LogP contribution in [0.25, 0.3) is 32.6 Å². The summed E-state index contributed by atoms with van der Waals surface area (Å²) < 4.78 is 6.01. The quantitative estimate of drug-likeness (QED) is 0.296. The second-order valence-corrected chi connectivity index (χ2v) is 8.77. The van der Waals surface area contributed by atoms with Gasteiger partial charge in [0.05, 0.1) is 11.3 Å². The average molecular weight is 468 g/mol. The van der Waals surface area contributed by atoms with E-state index in [-0.39, 0.29) is 6.04 Å². The number of nitrogens with zero attached hydrogens (tertiary/aromatic N) is 4. The molecule has 0 aliphatic carbocycles. The van der Waals surface area contributed by atoms with Gasteiger partial charge in [-0.2, -0.15) is 0 Å². The summed E-state index contributed by atoms with van der Waals surface area (Å²) in [7, 11) is 0. The molecule has 0 fully saturated rings. The molecule has 0 saturated carbocycles. The van der Waals surface area contributed by atoms with Crippen molar-refractivity contribution in [3.63, 3.8) is 0 Å². The molecule has 7 rings (SSSR count). The van der Waals surface area contributed by atoms with E-state index in [4.69, 9.17) is 14.7 Å². The summed E-state index contributed by atoms with van der Waals surface area (Å²) in [6, 6.07) is 34.6. The zero-order valence-corrected chi connectivity index (χ0v) is 19.3. The van der Waals surface area contributed by atoms with Crippen LogP contribution >= 0.6 is 0 Å². The lowest BCUT2D eigenvalue weighted by Crippen LogP contribution is -2.07. The standard InChI is InChI=1S/C30H21N5O/c1-2-10-19(11-3-1)26-18-36-29(31-26)24-16-8-9-17-25(24)32-30-33-27-22-14-6-4-12-20(22)21-13-5-7-15-23(21)28(27)34-35-30/h1-17,26H,18H2,(H,32,33,35)/t26-/m1/s1. The Labute approximate surface area is 207 Å². The first-order valence-electron chi connectivity index (χ1n) is 11.9. The van der Waals surface area contributed by atoms with Crippen LogP contribution in [0.2, 0.25) is 0 Å². The Morgan fingerprint density at radius 3 is 2.06 bits per heavy atom. The van der Waals surface area contributed by atoms with Crippen molar-refractivity contribution < 1.29 is 4.74 Å². The highest BCUT2D eigenvalue weighted by atomic mass is 16.5. The second-order valence-electron chi connectivity index (χ2n) is 8.77. The normalized spacial score (nSPS) is 15.2.